The molecule has 1 aromatic heterocycles. The van der Waals surface area contributed by atoms with Crippen molar-refractivity contribution in [3.8, 4) is 16.3 Å². The molecule has 150 valence electrons. The lowest BCUT2D eigenvalue weighted by Crippen LogP contribution is -1.99. The first-order valence-corrected chi connectivity index (χ1v) is 10.3. The topological polar surface area (TPSA) is 80.7 Å². The second-order valence-corrected chi connectivity index (χ2v) is 7.71. The summed E-state index contributed by atoms with van der Waals surface area (Å²) in [4.78, 5) is 15.7. The fraction of sp³-hybridized carbons (Fsp3) is 0.143. The van der Waals surface area contributed by atoms with Crippen LogP contribution in [0, 0.1) is 0 Å². The number of carbonyl (C=O) groups is 1. The van der Waals surface area contributed by atoms with E-state index in [0.717, 1.165) is 26.7 Å². The Morgan fingerprint density at radius 2 is 1.93 bits per heavy atom. The number of rotatable bonds is 9. The van der Waals surface area contributed by atoms with Gasteiger partial charge in [-0.05, 0) is 29.3 Å². The summed E-state index contributed by atoms with van der Waals surface area (Å²) >= 11 is 2.89. The zero-order valence-electron chi connectivity index (χ0n) is 16.0. The molecule has 0 aliphatic rings. The van der Waals surface area contributed by atoms with Gasteiger partial charge in [0.1, 0.15) is 15.8 Å². The van der Waals surface area contributed by atoms with Crippen LogP contribution in [0.5, 0.6) is 5.75 Å². The molecule has 0 bridgehead atoms. The maximum atomic E-state index is 11.1. The predicted octanol–water partition coefficient (Wildman–Crippen LogP) is 5.30. The molecule has 3 rings (SSSR count). The number of nitrogens with zero attached hydrogens (tertiary/aromatic N) is 1. The van der Waals surface area contributed by atoms with Crippen molar-refractivity contribution in [2.24, 2.45) is 0 Å². The van der Waals surface area contributed by atoms with Crippen LogP contribution in [-0.4, -0.2) is 36.9 Å². The van der Waals surface area contributed by atoms with Crippen LogP contribution in [-0.2, 0) is 4.74 Å². The van der Waals surface area contributed by atoms with E-state index in [1.54, 1.807) is 24.5 Å². The number of thiazole rings is 1. The van der Waals surface area contributed by atoms with E-state index in [1.807, 2.05) is 29.6 Å². The first kappa shape index (κ1) is 20.9. The molecule has 0 spiro atoms. The van der Waals surface area contributed by atoms with Crippen molar-refractivity contribution < 1.29 is 19.4 Å². The molecule has 0 fully saturated rings. The Bertz CT molecular complexity index is 1020. The smallest absolute Gasteiger partial charge is 0.335 e. The van der Waals surface area contributed by atoms with Crippen LogP contribution in [0.15, 0.2) is 59.4 Å². The number of anilines is 1. The third-order valence-corrected chi connectivity index (χ3v) is 5.84. The molecule has 0 unspecified atom stereocenters. The summed E-state index contributed by atoms with van der Waals surface area (Å²) in [6.07, 6.45) is 0. The number of nitrogens with one attached hydrogen (secondary N) is 1. The van der Waals surface area contributed by atoms with Crippen LogP contribution in [0.1, 0.15) is 15.9 Å². The van der Waals surface area contributed by atoms with E-state index in [9.17, 15) is 4.79 Å². The van der Waals surface area contributed by atoms with Crippen molar-refractivity contribution in [2.75, 3.05) is 25.5 Å². The second kappa shape index (κ2) is 9.60. The first-order valence-electron chi connectivity index (χ1n) is 8.59. The van der Waals surface area contributed by atoms with Crippen molar-refractivity contribution in [2.45, 2.75) is 5.03 Å². The summed E-state index contributed by atoms with van der Waals surface area (Å²) in [6, 6.07) is 12.7. The van der Waals surface area contributed by atoms with E-state index in [0.29, 0.717) is 18.0 Å². The van der Waals surface area contributed by atoms with Crippen LogP contribution in [0.3, 0.4) is 0 Å². The van der Waals surface area contributed by atoms with Crippen LogP contribution < -0.4 is 9.46 Å². The van der Waals surface area contributed by atoms with E-state index >= 15 is 0 Å². The number of hydrogen-bond acceptors (Lipinski definition) is 7. The van der Waals surface area contributed by atoms with E-state index in [4.69, 9.17) is 14.6 Å². The molecule has 1 heterocycles. The van der Waals surface area contributed by atoms with Crippen molar-refractivity contribution in [3.63, 3.8) is 0 Å². The summed E-state index contributed by atoms with van der Waals surface area (Å²) in [7, 11) is 3.15. The summed E-state index contributed by atoms with van der Waals surface area (Å²) < 4.78 is 13.6. The van der Waals surface area contributed by atoms with Gasteiger partial charge in [-0.2, -0.15) is 0 Å². The van der Waals surface area contributed by atoms with Gasteiger partial charge in [0.15, 0.2) is 0 Å². The number of methoxy groups -OCH3 is 2. The molecular formula is C21H20N2O4S2. The third kappa shape index (κ3) is 5.17. The molecule has 0 aliphatic heterocycles. The zero-order valence-corrected chi connectivity index (χ0v) is 17.6. The molecule has 0 aliphatic carbocycles. The fourth-order valence-corrected chi connectivity index (χ4v) is 4.16. The molecule has 0 atom stereocenters. The van der Waals surface area contributed by atoms with Gasteiger partial charge >= 0.3 is 5.97 Å². The maximum absolute atomic E-state index is 11.1. The van der Waals surface area contributed by atoms with E-state index in [1.165, 1.54) is 31.2 Å². The second-order valence-electron chi connectivity index (χ2n) is 6.03. The largest absolute Gasteiger partial charge is 0.495 e. The van der Waals surface area contributed by atoms with Crippen LogP contribution in [0.2, 0.25) is 0 Å². The van der Waals surface area contributed by atoms with Gasteiger partial charge in [0.25, 0.3) is 0 Å². The van der Waals surface area contributed by atoms with Gasteiger partial charge in [0.2, 0.25) is 0 Å². The SMILES string of the molecule is C=C(COC)c1ccc(-c2nc(SNc3ccc(C(=O)O)cc3OC)cs2)cc1. The van der Waals surface area contributed by atoms with Gasteiger partial charge in [-0.1, -0.05) is 30.8 Å². The molecule has 0 radical (unpaired) electrons. The average Bonchev–Trinajstić information content (AvgIpc) is 3.21. The standard InChI is InChI=1S/C21H20N2O4S2/c1-13(11-26-2)14-4-6-15(7-5-14)20-22-19(12-28-20)29-23-17-9-8-16(21(24)25)10-18(17)27-3/h4-10,12,23H,1,11H2,2-3H3,(H,24,25). The summed E-state index contributed by atoms with van der Waals surface area (Å²) in [5.74, 6) is -0.539. The van der Waals surface area contributed by atoms with E-state index < -0.39 is 5.97 Å². The minimum Gasteiger partial charge on any atom is -0.495 e. The number of carboxylic acids is 1. The quantitative estimate of drug-likeness (QED) is 0.448. The molecule has 29 heavy (non-hydrogen) atoms. The number of carboxylic acid groups (broad SMARTS) is 1. The lowest BCUT2D eigenvalue weighted by molar-refractivity contribution is 0.0696. The van der Waals surface area contributed by atoms with Crippen molar-refractivity contribution >= 4 is 40.5 Å². The lowest BCUT2D eigenvalue weighted by atomic mass is 10.1. The Morgan fingerprint density at radius 3 is 2.59 bits per heavy atom. The van der Waals surface area contributed by atoms with E-state index in [-0.39, 0.29) is 5.56 Å². The summed E-state index contributed by atoms with van der Waals surface area (Å²) in [6.45, 7) is 4.51. The fourth-order valence-electron chi connectivity index (χ4n) is 2.56. The highest BCUT2D eigenvalue weighted by atomic mass is 32.2. The van der Waals surface area contributed by atoms with Crippen molar-refractivity contribution in [3.05, 3.63) is 65.6 Å². The lowest BCUT2D eigenvalue weighted by Gasteiger charge is -2.10. The number of hydrogen-bond donors (Lipinski definition) is 2. The number of ether oxygens (including phenoxy) is 2. The van der Waals surface area contributed by atoms with Gasteiger partial charge < -0.3 is 19.3 Å². The van der Waals surface area contributed by atoms with Gasteiger partial charge in [-0.3, -0.25) is 0 Å². The van der Waals surface area contributed by atoms with Gasteiger partial charge in [0.05, 0.1) is 25.0 Å². The molecule has 0 saturated carbocycles. The van der Waals surface area contributed by atoms with Crippen molar-refractivity contribution in [1.29, 1.82) is 0 Å². The molecular weight excluding hydrogens is 408 g/mol. The molecule has 2 N–H and O–H groups in total. The molecule has 0 amide bonds. The van der Waals surface area contributed by atoms with Crippen LogP contribution in [0.4, 0.5) is 5.69 Å². The highest BCUT2D eigenvalue weighted by molar-refractivity contribution is 8.00. The Balaban J connectivity index is 1.68. The van der Waals surface area contributed by atoms with Crippen LogP contribution in [0.25, 0.3) is 16.1 Å². The van der Waals surface area contributed by atoms with Gasteiger partial charge in [-0.25, -0.2) is 9.78 Å². The number of benzene rings is 2. The van der Waals surface area contributed by atoms with Gasteiger partial charge in [-0.15, -0.1) is 11.3 Å². The highest BCUT2D eigenvalue weighted by Gasteiger charge is 2.11. The Morgan fingerprint density at radius 1 is 1.21 bits per heavy atom. The van der Waals surface area contributed by atoms with Gasteiger partial charge in [0, 0.05) is 30.0 Å². The van der Waals surface area contributed by atoms with Crippen LogP contribution >= 0.6 is 23.3 Å². The summed E-state index contributed by atoms with van der Waals surface area (Å²) in [5, 5.41) is 12.8. The molecule has 6 nitrogen and oxygen atoms in total. The zero-order chi connectivity index (χ0) is 20.8. The number of aromatic carboxylic acids is 1. The van der Waals surface area contributed by atoms with Crippen molar-refractivity contribution in [1.82, 2.24) is 4.98 Å². The molecule has 3 aromatic rings. The third-order valence-electron chi connectivity index (χ3n) is 4.06. The highest BCUT2D eigenvalue weighted by Crippen LogP contribution is 2.33. The predicted molar refractivity (Wildman–Crippen MR) is 118 cm³/mol. The Labute approximate surface area is 177 Å². The molecule has 2 aromatic carbocycles. The Hall–Kier alpha value is -2.81. The monoisotopic (exact) mass is 428 g/mol. The normalized spacial score (nSPS) is 10.6. The first-order chi connectivity index (χ1) is 14.0. The minimum absolute atomic E-state index is 0.171. The average molecular weight is 429 g/mol. The number of aromatic nitrogens is 1. The molecule has 8 heteroatoms. The minimum atomic E-state index is -0.997. The maximum Gasteiger partial charge on any atom is 0.335 e. The summed E-state index contributed by atoms with van der Waals surface area (Å²) in [5.41, 5.74) is 3.85. The Kier molecular flexibility index (Phi) is 6.92. The van der Waals surface area contributed by atoms with E-state index in [2.05, 4.69) is 16.3 Å². The molecule has 0 saturated heterocycles.